The molecule has 0 radical (unpaired) electrons. The molecule has 0 spiro atoms. The fourth-order valence-electron chi connectivity index (χ4n) is 2.25. The lowest BCUT2D eigenvalue weighted by molar-refractivity contribution is 1.54. The van der Waals surface area contributed by atoms with Gasteiger partial charge < -0.3 is 5.32 Å². The van der Waals surface area contributed by atoms with Crippen LogP contribution in [0.25, 0.3) is 17.2 Å². The monoisotopic (exact) mass is 271 g/mol. The number of anilines is 2. The van der Waals surface area contributed by atoms with Gasteiger partial charge in [-0.15, -0.1) is 0 Å². The molecule has 0 aliphatic rings. The minimum atomic E-state index is 1.09. The topological polar surface area (TPSA) is 12.0 Å². The van der Waals surface area contributed by atoms with Crippen LogP contribution >= 0.6 is 0 Å². The van der Waals surface area contributed by atoms with Gasteiger partial charge in [-0.05, 0) is 41.0 Å². The van der Waals surface area contributed by atoms with Crippen LogP contribution in [-0.4, -0.2) is 0 Å². The summed E-state index contributed by atoms with van der Waals surface area (Å²) in [5.74, 6) is 0. The van der Waals surface area contributed by atoms with E-state index < -0.39 is 0 Å². The highest BCUT2D eigenvalue weighted by molar-refractivity contribution is 5.69. The summed E-state index contributed by atoms with van der Waals surface area (Å²) in [5, 5.41) is 3.39. The van der Waals surface area contributed by atoms with Crippen LogP contribution in [0, 0.1) is 0 Å². The minimum absolute atomic E-state index is 1.09. The van der Waals surface area contributed by atoms with Gasteiger partial charge in [-0.2, -0.15) is 0 Å². The average molecular weight is 271 g/mol. The van der Waals surface area contributed by atoms with E-state index in [2.05, 4.69) is 72.6 Å². The number of para-hydroxylation sites is 1. The van der Waals surface area contributed by atoms with Crippen LogP contribution < -0.4 is 5.32 Å². The molecular weight excluding hydrogens is 254 g/mol. The summed E-state index contributed by atoms with van der Waals surface area (Å²) < 4.78 is 0. The Morgan fingerprint density at radius 2 is 1.14 bits per heavy atom. The Hall–Kier alpha value is -2.80. The smallest absolute Gasteiger partial charge is 0.0384 e. The summed E-state index contributed by atoms with van der Waals surface area (Å²) in [6, 6.07) is 27.1. The molecule has 0 aromatic heterocycles. The third-order valence-corrected chi connectivity index (χ3v) is 3.43. The van der Waals surface area contributed by atoms with Crippen molar-refractivity contribution in [2.75, 3.05) is 5.32 Å². The minimum Gasteiger partial charge on any atom is -0.356 e. The Morgan fingerprint density at radius 3 is 1.71 bits per heavy atom. The fraction of sp³-hybridized carbons (Fsp3) is 0. The zero-order valence-electron chi connectivity index (χ0n) is 11.8. The second kappa shape index (κ2) is 6.10. The van der Waals surface area contributed by atoms with Gasteiger partial charge in [0.05, 0.1) is 0 Å². The van der Waals surface area contributed by atoms with Crippen molar-refractivity contribution in [2.45, 2.75) is 0 Å². The summed E-state index contributed by atoms with van der Waals surface area (Å²) >= 11 is 0. The molecule has 21 heavy (non-hydrogen) atoms. The molecule has 0 amide bonds. The van der Waals surface area contributed by atoms with Crippen molar-refractivity contribution in [1.29, 1.82) is 0 Å². The molecule has 0 atom stereocenters. The highest BCUT2D eigenvalue weighted by Gasteiger charge is 1.98. The van der Waals surface area contributed by atoms with Gasteiger partial charge in [0, 0.05) is 11.4 Å². The summed E-state index contributed by atoms with van der Waals surface area (Å²) in [5.41, 5.74) is 5.76. The number of nitrogens with one attached hydrogen (secondary N) is 1. The Kier molecular flexibility index (Phi) is 3.83. The SMILES string of the molecule is C=Cc1ccc(-c2ccc(Nc3ccccc3)cc2)cc1. The van der Waals surface area contributed by atoms with Crippen LogP contribution in [0.15, 0.2) is 85.4 Å². The maximum atomic E-state index is 3.78. The Labute approximate surface area is 125 Å². The molecule has 3 aromatic rings. The van der Waals surface area contributed by atoms with Crippen molar-refractivity contribution in [3.8, 4) is 11.1 Å². The Morgan fingerprint density at radius 1 is 0.619 bits per heavy atom. The van der Waals surface area contributed by atoms with E-state index in [-0.39, 0.29) is 0 Å². The molecule has 0 fully saturated rings. The van der Waals surface area contributed by atoms with E-state index in [0.717, 1.165) is 16.9 Å². The highest BCUT2D eigenvalue weighted by atomic mass is 14.9. The van der Waals surface area contributed by atoms with Gasteiger partial charge in [-0.1, -0.05) is 67.3 Å². The van der Waals surface area contributed by atoms with Gasteiger partial charge in [0.2, 0.25) is 0 Å². The van der Waals surface area contributed by atoms with Crippen molar-refractivity contribution >= 4 is 17.5 Å². The summed E-state index contributed by atoms with van der Waals surface area (Å²) in [6.07, 6.45) is 1.86. The lowest BCUT2D eigenvalue weighted by Crippen LogP contribution is -1.89. The summed E-state index contributed by atoms with van der Waals surface area (Å²) in [7, 11) is 0. The van der Waals surface area contributed by atoms with Crippen molar-refractivity contribution in [3.63, 3.8) is 0 Å². The first-order valence-electron chi connectivity index (χ1n) is 7.00. The molecule has 0 aliphatic carbocycles. The van der Waals surface area contributed by atoms with Gasteiger partial charge in [-0.3, -0.25) is 0 Å². The highest BCUT2D eigenvalue weighted by Crippen LogP contribution is 2.23. The third-order valence-electron chi connectivity index (χ3n) is 3.43. The van der Waals surface area contributed by atoms with E-state index in [0.29, 0.717) is 0 Å². The van der Waals surface area contributed by atoms with Gasteiger partial charge in [0.25, 0.3) is 0 Å². The number of hydrogen-bond donors (Lipinski definition) is 1. The second-order valence-electron chi connectivity index (χ2n) is 4.89. The van der Waals surface area contributed by atoms with Crippen molar-refractivity contribution in [1.82, 2.24) is 0 Å². The molecule has 0 aliphatic heterocycles. The largest absolute Gasteiger partial charge is 0.356 e. The van der Waals surface area contributed by atoms with E-state index >= 15 is 0 Å². The van der Waals surface area contributed by atoms with Crippen LogP contribution in [-0.2, 0) is 0 Å². The van der Waals surface area contributed by atoms with Crippen molar-refractivity contribution in [2.24, 2.45) is 0 Å². The van der Waals surface area contributed by atoms with Crippen LogP contribution in [0.3, 0.4) is 0 Å². The average Bonchev–Trinajstić information content (AvgIpc) is 2.57. The predicted molar refractivity (Wildman–Crippen MR) is 91.7 cm³/mol. The van der Waals surface area contributed by atoms with Gasteiger partial charge in [-0.25, -0.2) is 0 Å². The first kappa shape index (κ1) is 13.2. The predicted octanol–water partition coefficient (Wildman–Crippen LogP) is 5.74. The maximum absolute atomic E-state index is 3.78. The van der Waals surface area contributed by atoms with E-state index in [1.54, 1.807) is 0 Å². The standard InChI is InChI=1S/C20H17N/c1-2-16-8-10-17(11-9-16)18-12-14-20(15-13-18)21-19-6-4-3-5-7-19/h2-15,21H,1H2. The first-order chi connectivity index (χ1) is 10.3. The maximum Gasteiger partial charge on any atom is 0.0384 e. The summed E-state index contributed by atoms with van der Waals surface area (Å²) in [4.78, 5) is 0. The molecule has 3 aromatic carbocycles. The van der Waals surface area contributed by atoms with E-state index in [1.165, 1.54) is 11.1 Å². The molecular formula is C20H17N. The molecule has 1 N–H and O–H groups in total. The lowest BCUT2D eigenvalue weighted by Gasteiger charge is -2.08. The van der Waals surface area contributed by atoms with Crippen LogP contribution in [0.1, 0.15) is 5.56 Å². The van der Waals surface area contributed by atoms with Crippen LogP contribution in [0.2, 0.25) is 0 Å². The Balaban J connectivity index is 1.78. The van der Waals surface area contributed by atoms with Gasteiger partial charge in [0.15, 0.2) is 0 Å². The van der Waals surface area contributed by atoms with Crippen molar-refractivity contribution in [3.05, 3.63) is 91.0 Å². The fourth-order valence-corrected chi connectivity index (χ4v) is 2.25. The van der Waals surface area contributed by atoms with E-state index in [4.69, 9.17) is 0 Å². The summed E-state index contributed by atoms with van der Waals surface area (Å²) in [6.45, 7) is 3.78. The quantitative estimate of drug-likeness (QED) is 0.638. The molecule has 1 heteroatoms. The van der Waals surface area contributed by atoms with Crippen LogP contribution in [0.4, 0.5) is 11.4 Å². The zero-order valence-corrected chi connectivity index (χ0v) is 11.8. The lowest BCUT2D eigenvalue weighted by atomic mass is 10.0. The van der Waals surface area contributed by atoms with Crippen molar-refractivity contribution < 1.29 is 0 Å². The third kappa shape index (κ3) is 3.21. The molecule has 102 valence electrons. The van der Waals surface area contributed by atoms with E-state index in [9.17, 15) is 0 Å². The second-order valence-corrected chi connectivity index (χ2v) is 4.89. The van der Waals surface area contributed by atoms with Gasteiger partial charge >= 0.3 is 0 Å². The molecule has 0 saturated carbocycles. The normalized spacial score (nSPS) is 10.1. The molecule has 0 bridgehead atoms. The molecule has 0 unspecified atom stereocenters. The molecule has 3 rings (SSSR count). The Bertz CT molecular complexity index is 710. The first-order valence-corrected chi connectivity index (χ1v) is 7.00. The number of hydrogen-bond acceptors (Lipinski definition) is 1. The molecule has 0 saturated heterocycles. The zero-order chi connectivity index (χ0) is 14.5. The van der Waals surface area contributed by atoms with Gasteiger partial charge in [0.1, 0.15) is 0 Å². The number of rotatable bonds is 4. The number of benzene rings is 3. The van der Waals surface area contributed by atoms with Crippen LogP contribution in [0.5, 0.6) is 0 Å². The molecule has 0 heterocycles. The van der Waals surface area contributed by atoms with E-state index in [1.807, 2.05) is 24.3 Å². The molecule has 1 nitrogen and oxygen atoms in total.